The Morgan fingerprint density at radius 1 is 1.27 bits per heavy atom. The Morgan fingerprint density at radius 2 is 2.00 bits per heavy atom. The van der Waals surface area contributed by atoms with E-state index in [0.29, 0.717) is 6.04 Å². The summed E-state index contributed by atoms with van der Waals surface area (Å²) in [5.41, 5.74) is 1.20. The van der Waals surface area contributed by atoms with Gasteiger partial charge in [0, 0.05) is 6.04 Å². The zero-order valence-corrected chi connectivity index (χ0v) is 9.92. The third-order valence-corrected chi connectivity index (χ3v) is 2.52. The first kappa shape index (κ1) is 12.1. The quantitative estimate of drug-likeness (QED) is 0.774. The third kappa shape index (κ3) is 3.92. The van der Waals surface area contributed by atoms with Gasteiger partial charge in [-0.25, -0.2) is 0 Å². The minimum atomic E-state index is 0.453. The zero-order valence-electron chi connectivity index (χ0n) is 9.92. The van der Waals surface area contributed by atoms with Crippen molar-refractivity contribution in [3.8, 4) is 5.75 Å². The van der Waals surface area contributed by atoms with Crippen molar-refractivity contribution in [3.63, 3.8) is 0 Å². The minimum Gasteiger partial charge on any atom is -0.492 e. The predicted octanol–water partition coefficient (Wildman–Crippen LogP) is 2.76. The van der Waals surface area contributed by atoms with Crippen molar-refractivity contribution in [1.29, 1.82) is 0 Å². The van der Waals surface area contributed by atoms with E-state index in [1.807, 2.05) is 18.2 Å². The molecule has 0 bridgehead atoms. The van der Waals surface area contributed by atoms with Crippen molar-refractivity contribution >= 4 is 0 Å². The molecule has 0 saturated heterocycles. The van der Waals surface area contributed by atoms with Crippen molar-refractivity contribution in [2.75, 3.05) is 13.2 Å². The van der Waals surface area contributed by atoms with Crippen molar-refractivity contribution in [2.24, 2.45) is 0 Å². The van der Waals surface area contributed by atoms with Crippen molar-refractivity contribution < 1.29 is 4.74 Å². The Labute approximate surface area is 92.6 Å². The SMILES string of the molecule is CCNC(CC)COc1ccccc1C. The highest BCUT2D eigenvalue weighted by Crippen LogP contribution is 2.16. The van der Waals surface area contributed by atoms with E-state index < -0.39 is 0 Å². The van der Waals surface area contributed by atoms with Gasteiger partial charge in [-0.1, -0.05) is 32.0 Å². The molecule has 0 fully saturated rings. The van der Waals surface area contributed by atoms with Gasteiger partial charge in [-0.05, 0) is 31.5 Å². The van der Waals surface area contributed by atoms with Gasteiger partial charge in [-0.3, -0.25) is 0 Å². The maximum atomic E-state index is 5.78. The summed E-state index contributed by atoms with van der Waals surface area (Å²) in [5, 5.41) is 3.40. The molecule has 0 spiro atoms. The first-order valence-corrected chi connectivity index (χ1v) is 5.69. The minimum absolute atomic E-state index is 0.453. The van der Waals surface area contributed by atoms with Gasteiger partial charge >= 0.3 is 0 Å². The van der Waals surface area contributed by atoms with E-state index in [1.54, 1.807) is 0 Å². The molecule has 0 heterocycles. The van der Waals surface area contributed by atoms with Gasteiger partial charge in [-0.15, -0.1) is 0 Å². The van der Waals surface area contributed by atoms with E-state index in [1.165, 1.54) is 5.56 Å². The Balaban J connectivity index is 2.45. The number of aryl methyl sites for hydroxylation is 1. The number of hydrogen-bond donors (Lipinski definition) is 1. The molecule has 1 unspecified atom stereocenters. The highest BCUT2D eigenvalue weighted by Gasteiger charge is 2.05. The first-order valence-electron chi connectivity index (χ1n) is 5.69. The smallest absolute Gasteiger partial charge is 0.122 e. The largest absolute Gasteiger partial charge is 0.492 e. The number of likely N-dealkylation sites (N-methyl/N-ethyl adjacent to an activating group) is 1. The van der Waals surface area contributed by atoms with Gasteiger partial charge in [0.05, 0.1) is 0 Å². The Bertz CT molecular complexity index is 286. The summed E-state index contributed by atoms with van der Waals surface area (Å²) >= 11 is 0. The molecule has 0 aliphatic carbocycles. The molecule has 0 aliphatic heterocycles. The summed E-state index contributed by atoms with van der Waals surface area (Å²) < 4.78 is 5.78. The zero-order chi connectivity index (χ0) is 11.1. The van der Waals surface area contributed by atoms with E-state index in [0.717, 1.165) is 25.3 Å². The van der Waals surface area contributed by atoms with Crippen LogP contribution < -0.4 is 10.1 Å². The average molecular weight is 207 g/mol. The molecule has 0 aliphatic rings. The number of nitrogens with one attached hydrogen (secondary N) is 1. The number of para-hydroxylation sites is 1. The molecule has 1 aromatic rings. The van der Waals surface area contributed by atoms with E-state index in [-0.39, 0.29) is 0 Å². The number of ether oxygens (including phenoxy) is 1. The first-order chi connectivity index (χ1) is 7.27. The Kier molecular flexibility index (Phi) is 5.19. The van der Waals surface area contributed by atoms with Crippen LogP contribution in [0, 0.1) is 6.92 Å². The molecular formula is C13H21NO. The van der Waals surface area contributed by atoms with Crippen LogP contribution in [-0.2, 0) is 0 Å². The van der Waals surface area contributed by atoms with Crippen LogP contribution >= 0.6 is 0 Å². The molecule has 1 N–H and O–H groups in total. The molecule has 0 radical (unpaired) electrons. The van der Waals surface area contributed by atoms with Crippen molar-refractivity contribution in [3.05, 3.63) is 29.8 Å². The molecule has 0 amide bonds. The van der Waals surface area contributed by atoms with E-state index in [9.17, 15) is 0 Å². The van der Waals surface area contributed by atoms with Crippen LogP contribution in [0.5, 0.6) is 5.75 Å². The fourth-order valence-electron chi connectivity index (χ4n) is 1.52. The van der Waals surface area contributed by atoms with E-state index in [4.69, 9.17) is 4.74 Å². The molecule has 84 valence electrons. The maximum absolute atomic E-state index is 5.78. The molecule has 1 rings (SSSR count). The normalized spacial score (nSPS) is 12.5. The van der Waals surface area contributed by atoms with Crippen LogP contribution in [-0.4, -0.2) is 19.2 Å². The lowest BCUT2D eigenvalue weighted by atomic mass is 10.2. The number of hydrogen-bond acceptors (Lipinski definition) is 2. The Morgan fingerprint density at radius 3 is 2.60 bits per heavy atom. The van der Waals surface area contributed by atoms with E-state index in [2.05, 4.69) is 32.2 Å². The summed E-state index contributed by atoms with van der Waals surface area (Å²) in [6.45, 7) is 8.11. The molecule has 0 saturated carbocycles. The highest BCUT2D eigenvalue weighted by atomic mass is 16.5. The number of benzene rings is 1. The summed E-state index contributed by atoms with van der Waals surface area (Å²) in [5.74, 6) is 0.994. The topological polar surface area (TPSA) is 21.3 Å². The van der Waals surface area contributed by atoms with Gasteiger partial charge in [0.2, 0.25) is 0 Å². The van der Waals surface area contributed by atoms with E-state index >= 15 is 0 Å². The lowest BCUT2D eigenvalue weighted by Gasteiger charge is -2.17. The summed E-state index contributed by atoms with van der Waals surface area (Å²) in [4.78, 5) is 0. The summed E-state index contributed by atoms with van der Waals surface area (Å²) in [6.07, 6.45) is 1.10. The van der Waals surface area contributed by atoms with Gasteiger partial charge in [0.25, 0.3) is 0 Å². The van der Waals surface area contributed by atoms with Crippen molar-refractivity contribution in [1.82, 2.24) is 5.32 Å². The Hall–Kier alpha value is -1.02. The molecule has 2 heteroatoms. The fourth-order valence-corrected chi connectivity index (χ4v) is 1.52. The van der Waals surface area contributed by atoms with Crippen LogP contribution in [0.4, 0.5) is 0 Å². The second-order valence-electron chi connectivity index (χ2n) is 3.74. The van der Waals surface area contributed by atoms with Gasteiger partial charge in [0.15, 0.2) is 0 Å². The van der Waals surface area contributed by atoms with Crippen molar-refractivity contribution in [2.45, 2.75) is 33.2 Å². The lowest BCUT2D eigenvalue weighted by molar-refractivity contribution is 0.261. The van der Waals surface area contributed by atoms with Gasteiger partial charge < -0.3 is 10.1 Å². The summed E-state index contributed by atoms with van der Waals surface area (Å²) in [7, 11) is 0. The third-order valence-electron chi connectivity index (χ3n) is 2.52. The maximum Gasteiger partial charge on any atom is 0.122 e. The second-order valence-corrected chi connectivity index (χ2v) is 3.74. The van der Waals surface area contributed by atoms with Crippen LogP contribution in [0.1, 0.15) is 25.8 Å². The molecule has 1 atom stereocenters. The molecule has 15 heavy (non-hydrogen) atoms. The predicted molar refractivity (Wildman–Crippen MR) is 64.4 cm³/mol. The molecule has 1 aromatic carbocycles. The molecule has 0 aromatic heterocycles. The monoisotopic (exact) mass is 207 g/mol. The standard InChI is InChI=1S/C13H21NO/c1-4-12(14-5-2)10-15-13-9-7-6-8-11(13)3/h6-9,12,14H,4-5,10H2,1-3H3. The molecule has 2 nitrogen and oxygen atoms in total. The molecular weight excluding hydrogens is 186 g/mol. The fraction of sp³-hybridized carbons (Fsp3) is 0.538. The summed E-state index contributed by atoms with van der Waals surface area (Å²) in [6, 6.07) is 8.59. The van der Waals surface area contributed by atoms with Gasteiger partial charge in [-0.2, -0.15) is 0 Å². The number of rotatable bonds is 6. The highest BCUT2D eigenvalue weighted by molar-refractivity contribution is 5.31. The van der Waals surface area contributed by atoms with Crippen LogP contribution in [0.3, 0.4) is 0 Å². The van der Waals surface area contributed by atoms with Crippen LogP contribution in [0.15, 0.2) is 24.3 Å². The van der Waals surface area contributed by atoms with Crippen LogP contribution in [0.25, 0.3) is 0 Å². The van der Waals surface area contributed by atoms with Crippen LogP contribution in [0.2, 0.25) is 0 Å². The second kappa shape index (κ2) is 6.46. The van der Waals surface area contributed by atoms with Gasteiger partial charge in [0.1, 0.15) is 12.4 Å². The average Bonchev–Trinajstić information content (AvgIpc) is 2.26. The lowest BCUT2D eigenvalue weighted by Crippen LogP contribution is -2.33.